The molecule has 0 radical (unpaired) electrons. The van der Waals surface area contributed by atoms with E-state index >= 15 is 0 Å². The highest BCUT2D eigenvalue weighted by Crippen LogP contribution is 2.33. The molecule has 1 saturated heterocycles. The third kappa shape index (κ3) is 5.98. The lowest BCUT2D eigenvalue weighted by molar-refractivity contribution is -0.118. The van der Waals surface area contributed by atoms with E-state index in [0.717, 1.165) is 61.0 Å². The number of ether oxygens (including phenoxy) is 1. The molecule has 5 nitrogen and oxygen atoms in total. The van der Waals surface area contributed by atoms with Crippen LogP contribution in [0.5, 0.6) is 0 Å². The molecular formula is C27H36ClN3O2S. The van der Waals surface area contributed by atoms with Crippen LogP contribution in [0, 0.1) is 34.6 Å². The molecule has 0 spiro atoms. The molecule has 0 saturated carbocycles. The molecule has 3 aromatic rings. The molecule has 4 rings (SSSR count). The zero-order chi connectivity index (χ0) is 23.5. The summed E-state index contributed by atoms with van der Waals surface area (Å²) in [6.07, 6.45) is 1.33. The van der Waals surface area contributed by atoms with Crippen LogP contribution in [0.1, 0.15) is 39.8 Å². The maximum Gasteiger partial charge on any atom is 0.233 e. The van der Waals surface area contributed by atoms with E-state index < -0.39 is 0 Å². The molecule has 1 fully saturated rings. The molecule has 7 heteroatoms. The molecule has 184 valence electrons. The number of thiazole rings is 1. The Hall–Kier alpha value is -1.99. The Bertz CT molecular complexity index is 1090. The van der Waals surface area contributed by atoms with Crippen molar-refractivity contribution in [2.24, 2.45) is 0 Å². The predicted octanol–water partition coefficient (Wildman–Crippen LogP) is 5.56. The van der Waals surface area contributed by atoms with E-state index in [4.69, 9.17) is 9.72 Å². The number of amides is 1. The van der Waals surface area contributed by atoms with E-state index in [2.05, 4.69) is 63.8 Å². The molecule has 1 aromatic heterocycles. The van der Waals surface area contributed by atoms with Gasteiger partial charge >= 0.3 is 0 Å². The van der Waals surface area contributed by atoms with Gasteiger partial charge in [-0.3, -0.25) is 14.6 Å². The summed E-state index contributed by atoms with van der Waals surface area (Å²) in [6, 6.07) is 8.60. The maximum absolute atomic E-state index is 13.7. The SMILES string of the molecule is Cc1cc(C)c(CC(=O)N(CCCN2CCOCC2)c2nc3c(C)ccc(C)c3s2)c(C)c1.Cl. The first-order chi connectivity index (χ1) is 15.8. The smallest absolute Gasteiger partial charge is 0.233 e. The third-order valence-electron chi connectivity index (χ3n) is 6.59. The number of carbonyl (C=O) groups is 1. The number of carbonyl (C=O) groups excluding carboxylic acids is 1. The molecule has 34 heavy (non-hydrogen) atoms. The summed E-state index contributed by atoms with van der Waals surface area (Å²) in [6.45, 7) is 15.7. The number of hydrogen-bond acceptors (Lipinski definition) is 5. The molecule has 0 bridgehead atoms. The fourth-order valence-corrected chi connectivity index (χ4v) is 5.86. The van der Waals surface area contributed by atoms with Crippen molar-refractivity contribution in [1.29, 1.82) is 0 Å². The van der Waals surface area contributed by atoms with Crippen molar-refractivity contribution in [3.8, 4) is 0 Å². The monoisotopic (exact) mass is 501 g/mol. The Kier molecular flexibility index (Phi) is 9.10. The van der Waals surface area contributed by atoms with Crippen LogP contribution in [0.3, 0.4) is 0 Å². The van der Waals surface area contributed by atoms with Gasteiger partial charge in [0.05, 0.1) is 29.9 Å². The minimum atomic E-state index is 0. The number of benzene rings is 2. The topological polar surface area (TPSA) is 45.7 Å². The van der Waals surface area contributed by atoms with Gasteiger partial charge in [0.25, 0.3) is 0 Å². The summed E-state index contributed by atoms with van der Waals surface area (Å²) >= 11 is 1.64. The zero-order valence-corrected chi connectivity index (χ0v) is 22.6. The zero-order valence-electron chi connectivity index (χ0n) is 20.9. The Morgan fingerprint density at radius 2 is 1.68 bits per heavy atom. The number of anilines is 1. The summed E-state index contributed by atoms with van der Waals surface area (Å²) in [5, 5.41) is 0.816. The average molecular weight is 502 g/mol. The second-order valence-corrected chi connectivity index (χ2v) is 10.3. The molecule has 0 aliphatic carbocycles. The lowest BCUT2D eigenvalue weighted by Gasteiger charge is -2.28. The molecule has 1 aliphatic rings. The second-order valence-electron chi connectivity index (χ2n) is 9.28. The van der Waals surface area contributed by atoms with E-state index in [1.165, 1.54) is 27.0 Å². The number of nitrogens with zero attached hydrogens (tertiary/aromatic N) is 3. The predicted molar refractivity (Wildman–Crippen MR) is 145 cm³/mol. The van der Waals surface area contributed by atoms with Crippen molar-refractivity contribution in [1.82, 2.24) is 9.88 Å². The Labute approximate surface area is 213 Å². The lowest BCUT2D eigenvalue weighted by Crippen LogP contribution is -2.39. The van der Waals surface area contributed by atoms with Crippen molar-refractivity contribution in [2.75, 3.05) is 44.3 Å². The van der Waals surface area contributed by atoms with Crippen molar-refractivity contribution < 1.29 is 9.53 Å². The first-order valence-corrected chi connectivity index (χ1v) is 12.7. The quantitative estimate of drug-likeness (QED) is 0.425. The number of aryl methyl sites for hydroxylation is 5. The minimum absolute atomic E-state index is 0. The second kappa shape index (κ2) is 11.6. The number of fused-ring (bicyclic) bond motifs is 1. The average Bonchev–Trinajstić information content (AvgIpc) is 3.23. The highest BCUT2D eigenvalue weighted by molar-refractivity contribution is 7.22. The molecule has 1 aliphatic heterocycles. The van der Waals surface area contributed by atoms with Crippen molar-refractivity contribution >= 4 is 45.0 Å². The van der Waals surface area contributed by atoms with Gasteiger partial charge in [-0.15, -0.1) is 12.4 Å². The van der Waals surface area contributed by atoms with E-state index in [0.29, 0.717) is 13.0 Å². The summed E-state index contributed by atoms with van der Waals surface area (Å²) < 4.78 is 6.65. The lowest BCUT2D eigenvalue weighted by atomic mass is 9.97. The summed E-state index contributed by atoms with van der Waals surface area (Å²) in [7, 11) is 0. The molecule has 0 N–H and O–H groups in total. The van der Waals surface area contributed by atoms with Gasteiger partial charge in [0.1, 0.15) is 0 Å². The van der Waals surface area contributed by atoms with Gasteiger partial charge in [-0.1, -0.05) is 41.2 Å². The summed E-state index contributed by atoms with van der Waals surface area (Å²) in [5.74, 6) is 0.126. The van der Waals surface area contributed by atoms with E-state index in [1.54, 1.807) is 11.3 Å². The van der Waals surface area contributed by atoms with Crippen molar-refractivity contribution in [3.63, 3.8) is 0 Å². The van der Waals surface area contributed by atoms with Crippen LogP contribution in [0.4, 0.5) is 5.13 Å². The molecule has 0 unspecified atom stereocenters. The Balaban J connectivity index is 0.00000324. The molecular weight excluding hydrogens is 466 g/mol. The first-order valence-electron chi connectivity index (χ1n) is 11.9. The van der Waals surface area contributed by atoms with Crippen LogP contribution < -0.4 is 4.90 Å². The number of rotatable bonds is 7. The molecule has 2 aromatic carbocycles. The van der Waals surface area contributed by atoms with Gasteiger partial charge < -0.3 is 4.74 Å². The summed E-state index contributed by atoms with van der Waals surface area (Å²) in [5.41, 5.74) is 8.13. The van der Waals surface area contributed by atoms with Crippen LogP contribution >= 0.6 is 23.7 Å². The third-order valence-corrected chi connectivity index (χ3v) is 7.80. The minimum Gasteiger partial charge on any atom is -0.379 e. The van der Waals surface area contributed by atoms with Crippen LogP contribution in [0.2, 0.25) is 0 Å². The fourth-order valence-electron chi connectivity index (χ4n) is 4.70. The van der Waals surface area contributed by atoms with Crippen LogP contribution in [0.15, 0.2) is 24.3 Å². The molecule has 0 atom stereocenters. The Morgan fingerprint density at radius 1 is 1.03 bits per heavy atom. The van der Waals surface area contributed by atoms with Gasteiger partial charge in [-0.2, -0.15) is 0 Å². The van der Waals surface area contributed by atoms with Gasteiger partial charge in [0.2, 0.25) is 5.91 Å². The number of hydrogen-bond donors (Lipinski definition) is 0. The largest absolute Gasteiger partial charge is 0.379 e. The van der Waals surface area contributed by atoms with Crippen molar-refractivity contribution in [2.45, 2.75) is 47.5 Å². The van der Waals surface area contributed by atoms with Gasteiger partial charge in [0, 0.05) is 26.2 Å². The number of aromatic nitrogens is 1. The van der Waals surface area contributed by atoms with Crippen LogP contribution in [0.25, 0.3) is 10.2 Å². The highest BCUT2D eigenvalue weighted by Gasteiger charge is 2.23. The van der Waals surface area contributed by atoms with E-state index in [1.807, 2.05) is 4.90 Å². The highest BCUT2D eigenvalue weighted by atomic mass is 35.5. The van der Waals surface area contributed by atoms with Gasteiger partial charge in [0.15, 0.2) is 5.13 Å². The standard InChI is InChI=1S/C27H35N3O2S.ClH/c1-18-15-21(4)23(22(5)16-18)17-24(31)30(10-6-9-29-11-13-32-14-12-29)27-28-25-19(2)7-8-20(3)26(25)33-27;/h7-8,15-16H,6,9-14,17H2,1-5H3;1H. The van der Waals surface area contributed by atoms with Gasteiger partial charge in [-0.05, 0) is 68.9 Å². The van der Waals surface area contributed by atoms with E-state index in [-0.39, 0.29) is 18.3 Å². The Morgan fingerprint density at radius 3 is 2.32 bits per heavy atom. The molecule has 1 amide bonds. The normalized spacial score (nSPS) is 14.3. The number of morpholine rings is 1. The fraction of sp³-hybridized carbons (Fsp3) is 0.481. The summed E-state index contributed by atoms with van der Waals surface area (Å²) in [4.78, 5) is 23.0. The molecule has 2 heterocycles. The van der Waals surface area contributed by atoms with Crippen molar-refractivity contribution in [3.05, 3.63) is 57.6 Å². The number of halogens is 1. The van der Waals surface area contributed by atoms with Gasteiger partial charge in [-0.25, -0.2) is 4.98 Å². The van der Waals surface area contributed by atoms with Crippen LogP contribution in [-0.4, -0.2) is 55.2 Å². The first kappa shape index (κ1) is 26.6. The van der Waals surface area contributed by atoms with E-state index in [9.17, 15) is 4.79 Å². The van der Waals surface area contributed by atoms with Crippen LogP contribution in [-0.2, 0) is 16.0 Å². The maximum atomic E-state index is 13.7.